The lowest BCUT2D eigenvalue weighted by Gasteiger charge is -2.32. The predicted molar refractivity (Wildman–Crippen MR) is 131 cm³/mol. The Morgan fingerprint density at radius 1 is 0.833 bits per heavy atom. The van der Waals surface area contributed by atoms with Crippen LogP contribution >= 0.6 is 0 Å². The summed E-state index contributed by atoms with van der Waals surface area (Å²) < 4.78 is 75.8. The van der Waals surface area contributed by atoms with Gasteiger partial charge in [0.1, 0.15) is 0 Å². The van der Waals surface area contributed by atoms with Crippen LogP contribution in [0.2, 0.25) is 0 Å². The van der Waals surface area contributed by atoms with Crippen molar-refractivity contribution < 1.29 is 31.8 Å². The van der Waals surface area contributed by atoms with Gasteiger partial charge < -0.3 is 14.2 Å². The first-order valence-corrected chi connectivity index (χ1v) is 12.9. The third kappa shape index (κ3) is 5.94. The molecule has 2 fully saturated rings. The highest BCUT2D eigenvalue weighted by Crippen LogP contribution is 2.37. The third-order valence-corrected chi connectivity index (χ3v) is 7.27. The maximum atomic E-state index is 15.0. The summed E-state index contributed by atoms with van der Waals surface area (Å²) in [6.45, 7) is 4.86. The molecule has 0 radical (unpaired) electrons. The van der Waals surface area contributed by atoms with Gasteiger partial charge in [0.05, 0.1) is 32.0 Å². The SMILES string of the molecule is C/C=C/C1CCC(CCC2CCC(c3ccc(-c4ccc(OCC)c(F)c4F)c(F)c3F)CO2)CO1. The number of benzene rings is 2. The van der Waals surface area contributed by atoms with Gasteiger partial charge in [-0.3, -0.25) is 0 Å². The first-order chi connectivity index (χ1) is 17.4. The lowest BCUT2D eigenvalue weighted by Crippen LogP contribution is -2.28. The van der Waals surface area contributed by atoms with Crippen molar-refractivity contribution in [2.24, 2.45) is 5.92 Å². The van der Waals surface area contributed by atoms with E-state index in [-0.39, 0.29) is 47.2 Å². The zero-order chi connectivity index (χ0) is 25.7. The molecule has 0 aliphatic carbocycles. The lowest BCUT2D eigenvalue weighted by atomic mass is 9.87. The molecule has 36 heavy (non-hydrogen) atoms. The third-order valence-electron chi connectivity index (χ3n) is 7.27. The van der Waals surface area contributed by atoms with Crippen LogP contribution in [-0.2, 0) is 9.47 Å². The van der Waals surface area contributed by atoms with Crippen molar-refractivity contribution in [2.75, 3.05) is 19.8 Å². The first kappa shape index (κ1) is 26.7. The molecule has 2 saturated heterocycles. The highest BCUT2D eigenvalue weighted by molar-refractivity contribution is 5.66. The van der Waals surface area contributed by atoms with Crippen LogP contribution < -0.4 is 4.74 Å². The van der Waals surface area contributed by atoms with Gasteiger partial charge in [-0.15, -0.1) is 0 Å². The molecule has 2 aromatic carbocycles. The van der Waals surface area contributed by atoms with Crippen molar-refractivity contribution >= 4 is 0 Å². The van der Waals surface area contributed by atoms with Crippen molar-refractivity contribution in [1.29, 1.82) is 0 Å². The Morgan fingerprint density at radius 2 is 1.58 bits per heavy atom. The smallest absolute Gasteiger partial charge is 0.201 e. The van der Waals surface area contributed by atoms with Crippen LogP contribution in [0.5, 0.6) is 5.75 Å². The van der Waals surface area contributed by atoms with Crippen LogP contribution in [0.4, 0.5) is 17.6 Å². The lowest BCUT2D eigenvalue weighted by molar-refractivity contribution is -0.0206. The minimum absolute atomic E-state index is 0.0996. The number of hydrogen-bond acceptors (Lipinski definition) is 3. The van der Waals surface area contributed by atoms with E-state index < -0.39 is 23.3 Å². The average molecular weight is 507 g/mol. The molecular formula is C29H34F4O3. The molecule has 2 heterocycles. The maximum absolute atomic E-state index is 15.0. The van der Waals surface area contributed by atoms with Gasteiger partial charge in [-0.1, -0.05) is 24.3 Å². The van der Waals surface area contributed by atoms with E-state index in [1.54, 1.807) is 6.92 Å². The quantitative estimate of drug-likeness (QED) is 0.271. The van der Waals surface area contributed by atoms with E-state index in [1.165, 1.54) is 24.3 Å². The van der Waals surface area contributed by atoms with E-state index in [9.17, 15) is 13.2 Å². The molecule has 7 heteroatoms. The maximum Gasteiger partial charge on any atom is 0.201 e. The van der Waals surface area contributed by atoms with Crippen LogP contribution in [-0.4, -0.2) is 32.0 Å². The normalized spacial score (nSPS) is 24.8. The average Bonchev–Trinajstić information content (AvgIpc) is 2.89. The molecule has 0 saturated carbocycles. The topological polar surface area (TPSA) is 27.7 Å². The molecule has 4 rings (SSSR count). The van der Waals surface area contributed by atoms with Crippen LogP contribution in [0.3, 0.4) is 0 Å². The van der Waals surface area contributed by atoms with Gasteiger partial charge in [-0.05, 0) is 76.0 Å². The summed E-state index contributed by atoms with van der Waals surface area (Å²) in [6, 6.07) is 5.18. The Labute approximate surface area is 210 Å². The fraction of sp³-hybridized carbons (Fsp3) is 0.517. The van der Waals surface area contributed by atoms with E-state index in [0.29, 0.717) is 18.9 Å². The summed E-state index contributed by atoms with van der Waals surface area (Å²) >= 11 is 0. The molecule has 196 valence electrons. The summed E-state index contributed by atoms with van der Waals surface area (Å²) in [6.07, 6.45) is 10.0. The molecule has 4 unspecified atom stereocenters. The van der Waals surface area contributed by atoms with Crippen molar-refractivity contribution in [3.05, 3.63) is 65.2 Å². The monoisotopic (exact) mass is 506 g/mol. The molecule has 0 N–H and O–H groups in total. The number of allylic oxidation sites excluding steroid dienone is 1. The Kier molecular flexibility index (Phi) is 9.07. The number of hydrogen-bond donors (Lipinski definition) is 0. The van der Waals surface area contributed by atoms with Crippen molar-refractivity contribution in [3.8, 4) is 16.9 Å². The van der Waals surface area contributed by atoms with Gasteiger partial charge in [0.2, 0.25) is 5.82 Å². The molecule has 2 aliphatic heterocycles. The van der Waals surface area contributed by atoms with E-state index in [0.717, 1.165) is 38.7 Å². The van der Waals surface area contributed by atoms with Crippen molar-refractivity contribution in [3.63, 3.8) is 0 Å². The van der Waals surface area contributed by atoms with E-state index >= 15 is 4.39 Å². The molecule has 2 aromatic rings. The molecule has 0 bridgehead atoms. The second-order valence-electron chi connectivity index (χ2n) is 9.65. The zero-order valence-electron chi connectivity index (χ0n) is 20.9. The molecule has 0 amide bonds. The van der Waals surface area contributed by atoms with Gasteiger partial charge in [-0.2, -0.15) is 4.39 Å². The largest absolute Gasteiger partial charge is 0.491 e. The molecule has 0 aromatic heterocycles. The molecule has 2 aliphatic rings. The van der Waals surface area contributed by atoms with Crippen molar-refractivity contribution in [1.82, 2.24) is 0 Å². The highest BCUT2D eigenvalue weighted by atomic mass is 19.2. The minimum atomic E-state index is -1.27. The summed E-state index contributed by atoms with van der Waals surface area (Å²) in [5, 5.41) is 0. The van der Waals surface area contributed by atoms with E-state index in [2.05, 4.69) is 6.08 Å². The van der Waals surface area contributed by atoms with Gasteiger partial charge in [-0.25, -0.2) is 13.2 Å². The zero-order valence-corrected chi connectivity index (χ0v) is 20.9. The van der Waals surface area contributed by atoms with E-state index in [1.807, 2.05) is 13.0 Å². The Bertz CT molecular complexity index is 1050. The van der Waals surface area contributed by atoms with Gasteiger partial charge in [0, 0.05) is 17.0 Å². The number of halogens is 4. The van der Waals surface area contributed by atoms with Crippen LogP contribution in [0.15, 0.2) is 36.4 Å². The molecule has 0 spiro atoms. The fourth-order valence-electron chi connectivity index (χ4n) is 5.22. The summed E-state index contributed by atoms with van der Waals surface area (Å²) in [5.74, 6) is -4.74. The number of rotatable bonds is 8. The summed E-state index contributed by atoms with van der Waals surface area (Å²) in [4.78, 5) is 0. The Balaban J connectivity index is 1.35. The highest BCUT2D eigenvalue weighted by Gasteiger charge is 2.29. The second kappa shape index (κ2) is 12.2. The fourth-order valence-corrected chi connectivity index (χ4v) is 5.22. The Hall–Kier alpha value is -2.38. The standard InChI is InChI=1S/C29H34F4O3/c1-3-5-20-9-6-18(16-35-20)7-10-21-11-8-19(17-36-21)22-12-13-23(27(31)26(22)30)24-14-15-25(34-4-2)29(33)28(24)32/h3,5,12-15,18-21H,4,6-11,16-17H2,1-2H3/b5-3+. The van der Waals surface area contributed by atoms with Gasteiger partial charge in [0.25, 0.3) is 0 Å². The van der Waals surface area contributed by atoms with Crippen LogP contribution in [0.25, 0.3) is 11.1 Å². The summed E-state index contributed by atoms with van der Waals surface area (Å²) in [7, 11) is 0. The second-order valence-corrected chi connectivity index (χ2v) is 9.65. The van der Waals surface area contributed by atoms with Crippen LogP contribution in [0, 0.1) is 29.2 Å². The minimum Gasteiger partial charge on any atom is -0.491 e. The molecular weight excluding hydrogens is 472 g/mol. The van der Waals surface area contributed by atoms with Crippen LogP contribution in [0.1, 0.15) is 63.9 Å². The number of ether oxygens (including phenoxy) is 3. The van der Waals surface area contributed by atoms with Gasteiger partial charge >= 0.3 is 0 Å². The molecule has 3 nitrogen and oxygen atoms in total. The van der Waals surface area contributed by atoms with E-state index in [4.69, 9.17) is 14.2 Å². The Morgan fingerprint density at radius 3 is 2.22 bits per heavy atom. The van der Waals surface area contributed by atoms with Crippen molar-refractivity contribution in [2.45, 2.75) is 70.5 Å². The molecule has 4 atom stereocenters. The predicted octanol–water partition coefficient (Wildman–Crippen LogP) is 7.72. The first-order valence-electron chi connectivity index (χ1n) is 12.9. The summed E-state index contributed by atoms with van der Waals surface area (Å²) in [5.41, 5.74) is -0.462. The van der Waals surface area contributed by atoms with Gasteiger partial charge in [0.15, 0.2) is 23.2 Å².